The molecule has 51 heavy (non-hydrogen) atoms. The lowest BCUT2D eigenvalue weighted by Gasteiger charge is -2.24. The van der Waals surface area contributed by atoms with E-state index >= 15 is 0 Å². The smallest absolute Gasteiger partial charge is 0.241 e. The normalized spacial score (nSPS) is 11.5. The number of rotatable bonds is 9. The average molecular weight is 671 g/mol. The first-order valence-corrected chi connectivity index (χ1v) is 17.9. The van der Waals surface area contributed by atoms with E-state index in [4.69, 9.17) is 9.97 Å². The van der Waals surface area contributed by atoms with Crippen molar-refractivity contribution in [2.75, 3.05) is 36.0 Å². The van der Waals surface area contributed by atoms with Gasteiger partial charge in [0.15, 0.2) is 0 Å². The molecule has 0 radical (unpaired) electrons. The molecule has 0 saturated carbocycles. The van der Waals surface area contributed by atoms with Crippen molar-refractivity contribution in [3.63, 3.8) is 0 Å². The highest BCUT2D eigenvalue weighted by Gasteiger charge is 2.26. The number of phenolic OH excluding ortho intramolecular Hbond substituents is 1. The van der Waals surface area contributed by atoms with Crippen LogP contribution in [0.3, 0.4) is 0 Å². The van der Waals surface area contributed by atoms with Gasteiger partial charge in [-0.3, -0.25) is 0 Å². The molecule has 0 spiro atoms. The topological polar surface area (TPSA) is 60.3 Å². The molecule has 0 aliphatic heterocycles. The summed E-state index contributed by atoms with van der Waals surface area (Å²) in [5, 5.41) is 10.6. The summed E-state index contributed by atoms with van der Waals surface area (Å²) in [6.45, 7) is 12.4. The van der Waals surface area contributed by atoms with Crippen LogP contribution in [0.4, 0.5) is 11.4 Å². The Hall–Kier alpha value is -6.08. The van der Waals surface area contributed by atoms with Crippen molar-refractivity contribution < 1.29 is 14.2 Å². The fraction of sp³-hybridized carbons (Fsp3) is 0.182. The predicted octanol–water partition coefficient (Wildman–Crippen LogP) is 8.71. The second-order valence-corrected chi connectivity index (χ2v) is 12.8. The summed E-state index contributed by atoms with van der Waals surface area (Å²) in [5.74, 6) is 0.210. The lowest BCUT2D eigenvalue weighted by Crippen LogP contribution is -2.34. The molecule has 1 N–H and O–H groups in total. The second-order valence-electron chi connectivity index (χ2n) is 12.8. The molecule has 7 nitrogen and oxygen atoms in total. The van der Waals surface area contributed by atoms with Crippen molar-refractivity contribution in [3.05, 3.63) is 127 Å². The Morgan fingerprint density at radius 3 is 1.61 bits per heavy atom. The van der Waals surface area contributed by atoms with Gasteiger partial charge in [0.2, 0.25) is 33.4 Å². The minimum Gasteiger partial charge on any atom is -0.508 e. The van der Waals surface area contributed by atoms with E-state index < -0.39 is 0 Å². The van der Waals surface area contributed by atoms with E-state index in [-0.39, 0.29) is 5.75 Å². The number of phenols is 1. The Balaban J connectivity index is 1.44. The van der Waals surface area contributed by atoms with Crippen molar-refractivity contribution >= 4 is 55.5 Å². The Kier molecular flexibility index (Phi) is 8.40. The summed E-state index contributed by atoms with van der Waals surface area (Å²) in [4.78, 5) is 15.2. The number of hydrogen-bond acceptors (Lipinski definition) is 5. The van der Waals surface area contributed by atoms with E-state index in [1.54, 1.807) is 12.1 Å². The van der Waals surface area contributed by atoms with Crippen molar-refractivity contribution in [1.29, 1.82) is 0 Å². The van der Waals surface area contributed by atoms with E-state index in [0.717, 1.165) is 98.5 Å². The molecule has 0 saturated heterocycles. The first kappa shape index (κ1) is 32.1. The van der Waals surface area contributed by atoms with Gasteiger partial charge in [-0.1, -0.05) is 42.5 Å². The lowest BCUT2D eigenvalue weighted by molar-refractivity contribution is -0.538. The summed E-state index contributed by atoms with van der Waals surface area (Å²) in [6.07, 6.45) is 0. The van der Waals surface area contributed by atoms with Crippen molar-refractivity contribution in [2.45, 2.75) is 27.7 Å². The number of aromatic hydroxyl groups is 1. The third-order valence-corrected chi connectivity index (χ3v) is 10.0. The molecule has 0 unspecified atom stereocenters. The van der Waals surface area contributed by atoms with E-state index in [2.05, 4.69) is 138 Å². The van der Waals surface area contributed by atoms with Gasteiger partial charge >= 0.3 is 0 Å². The van der Waals surface area contributed by atoms with Crippen LogP contribution >= 0.6 is 0 Å². The highest BCUT2D eigenvalue weighted by molar-refractivity contribution is 5.95. The summed E-state index contributed by atoms with van der Waals surface area (Å²) in [7, 11) is 0. The maximum atomic E-state index is 10.6. The second kappa shape index (κ2) is 13.3. The van der Waals surface area contributed by atoms with Gasteiger partial charge in [0, 0.05) is 79.9 Å². The fourth-order valence-corrected chi connectivity index (χ4v) is 7.44. The molecule has 0 aliphatic rings. The molecule has 7 heteroatoms. The fourth-order valence-electron chi connectivity index (χ4n) is 7.44. The molecule has 2 aromatic heterocycles. The van der Waals surface area contributed by atoms with Gasteiger partial charge in [-0.05, 0) is 69.7 Å². The van der Waals surface area contributed by atoms with E-state index in [1.807, 2.05) is 24.3 Å². The quantitative estimate of drug-likeness (QED) is 0.123. The maximum absolute atomic E-state index is 10.6. The predicted molar refractivity (Wildman–Crippen MR) is 209 cm³/mol. The molecule has 8 rings (SSSR count). The van der Waals surface area contributed by atoms with Crippen LogP contribution in [0.1, 0.15) is 27.7 Å². The number of benzene rings is 6. The lowest BCUT2D eigenvalue weighted by atomic mass is 10.00. The van der Waals surface area contributed by atoms with Crippen LogP contribution in [0.25, 0.3) is 66.6 Å². The molecular formula is C44H42N6O+2. The minimum atomic E-state index is 0.210. The van der Waals surface area contributed by atoms with Gasteiger partial charge < -0.3 is 14.9 Å². The van der Waals surface area contributed by atoms with Gasteiger partial charge in [0.05, 0.1) is 11.8 Å². The van der Waals surface area contributed by atoms with Gasteiger partial charge in [-0.15, -0.1) is 9.13 Å². The first-order valence-electron chi connectivity index (χ1n) is 17.9. The van der Waals surface area contributed by atoms with Crippen molar-refractivity contribution in [3.8, 4) is 28.3 Å². The van der Waals surface area contributed by atoms with Gasteiger partial charge in [-0.25, -0.2) is 9.97 Å². The average Bonchev–Trinajstić information content (AvgIpc) is 3.17. The standard InChI is InChI=1S/C44H41N6O/c1-5-47(6-2)33-20-23-37-42(26-33)49(31-15-11-9-12-16-31)41-25-30(19-22-36(41)45-37)35-28-39-44(29-40(35)48(7-3)8-4)50(32-17-13-10-14-18-32)43-27-34(51)21-24-38(43)46-39/h9-29H,5-8H2,1-4H3/q+1/p+1. The van der Waals surface area contributed by atoms with E-state index in [1.165, 1.54) is 5.69 Å². The highest BCUT2D eigenvalue weighted by atomic mass is 16.3. The summed E-state index contributed by atoms with van der Waals surface area (Å²) in [5.41, 5.74) is 14.1. The molecule has 0 atom stereocenters. The van der Waals surface area contributed by atoms with Crippen LogP contribution in [0.5, 0.6) is 5.75 Å². The Morgan fingerprint density at radius 2 is 1.00 bits per heavy atom. The molecular weight excluding hydrogens is 629 g/mol. The molecule has 0 bridgehead atoms. The molecule has 0 aliphatic carbocycles. The van der Waals surface area contributed by atoms with Crippen LogP contribution in [0.2, 0.25) is 0 Å². The number of hydrogen-bond donors (Lipinski definition) is 1. The zero-order chi connectivity index (χ0) is 35.1. The number of fused-ring (bicyclic) bond motifs is 4. The summed E-state index contributed by atoms with van der Waals surface area (Å²) < 4.78 is 4.56. The van der Waals surface area contributed by atoms with Crippen LogP contribution in [-0.4, -0.2) is 41.3 Å². The first-order chi connectivity index (χ1) is 25.0. The Morgan fingerprint density at radius 1 is 0.490 bits per heavy atom. The summed E-state index contributed by atoms with van der Waals surface area (Å²) in [6, 6.07) is 44.0. The minimum absolute atomic E-state index is 0.210. The van der Waals surface area contributed by atoms with E-state index in [9.17, 15) is 5.11 Å². The van der Waals surface area contributed by atoms with Crippen LogP contribution in [-0.2, 0) is 0 Å². The van der Waals surface area contributed by atoms with Gasteiger partial charge in [0.1, 0.15) is 27.8 Å². The number of para-hydroxylation sites is 2. The van der Waals surface area contributed by atoms with Crippen LogP contribution in [0.15, 0.2) is 127 Å². The zero-order valence-corrected chi connectivity index (χ0v) is 29.6. The van der Waals surface area contributed by atoms with Gasteiger partial charge in [0.25, 0.3) is 0 Å². The number of nitrogens with zero attached hydrogens (tertiary/aromatic N) is 6. The van der Waals surface area contributed by atoms with E-state index in [0.29, 0.717) is 0 Å². The number of anilines is 2. The molecule has 2 heterocycles. The summed E-state index contributed by atoms with van der Waals surface area (Å²) >= 11 is 0. The zero-order valence-electron chi connectivity index (χ0n) is 29.6. The monoisotopic (exact) mass is 670 g/mol. The maximum Gasteiger partial charge on any atom is 0.241 e. The van der Waals surface area contributed by atoms with Crippen molar-refractivity contribution in [1.82, 2.24) is 9.97 Å². The highest BCUT2D eigenvalue weighted by Crippen LogP contribution is 2.36. The third kappa shape index (κ3) is 5.65. The Bertz CT molecular complexity index is 2550. The molecule has 6 aromatic carbocycles. The van der Waals surface area contributed by atoms with Crippen LogP contribution < -0.4 is 18.9 Å². The number of aromatic nitrogens is 4. The molecule has 0 amide bonds. The molecule has 0 fully saturated rings. The van der Waals surface area contributed by atoms with Crippen molar-refractivity contribution in [2.24, 2.45) is 0 Å². The largest absolute Gasteiger partial charge is 0.508 e. The SMILES string of the molecule is CCN(CC)c1ccc2nc3ccc(-c4cc5nc6ccc(O)cc6[n+](-c6ccccc6)c5cc4N(CC)CC)cc3[n+](-c3ccccc3)c2c1. The third-order valence-electron chi connectivity index (χ3n) is 10.0. The molecule has 8 aromatic rings. The van der Waals surface area contributed by atoms with Gasteiger partial charge in [-0.2, -0.15) is 0 Å². The Labute approximate surface area is 298 Å². The van der Waals surface area contributed by atoms with Crippen LogP contribution in [0, 0.1) is 0 Å². The molecule has 252 valence electrons.